The van der Waals surface area contributed by atoms with Crippen molar-refractivity contribution in [1.82, 2.24) is 29.0 Å². The van der Waals surface area contributed by atoms with Gasteiger partial charge in [-0.2, -0.15) is 14.4 Å². The van der Waals surface area contributed by atoms with Crippen LogP contribution in [-0.4, -0.2) is 86.8 Å². The van der Waals surface area contributed by atoms with E-state index in [4.69, 9.17) is 9.47 Å². The van der Waals surface area contributed by atoms with Crippen LogP contribution in [0.1, 0.15) is 79.1 Å². The van der Waals surface area contributed by atoms with Crippen LogP contribution in [0.15, 0.2) is 41.3 Å². The highest BCUT2D eigenvalue weighted by Gasteiger charge is 2.53. The molecule has 4 aromatic rings. The molecule has 1 atom stereocenters. The second kappa shape index (κ2) is 12.6. The van der Waals surface area contributed by atoms with Crippen molar-refractivity contribution in [1.29, 1.82) is 0 Å². The van der Waals surface area contributed by atoms with Crippen molar-refractivity contribution in [3.8, 4) is 11.8 Å². The molecule has 0 bridgehead atoms. The number of pyridine rings is 1. The Hall–Kier alpha value is -4.07. The number of aromatic nitrogens is 4. The summed E-state index contributed by atoms with van der Waals surface area (Å²) >= 11 is 0. The first-order valence-electron chi connectivity index (χ1n) is 17.4. The Morgan fingerprint density at radius 3 is 2.50 bits per heavy atom. The smallest absolute Gasteiger partial charge is 0.310 e. The Morgan fingerprint density at radius 2 is 1.80 bits per heavy atom. The number of aryl methyl sites for hydroxylation is 4. The molecule has 0 amide bonds. The average molecular weight is 703 g/mol. The predicted molar refractivity (Wildman–Crippen MR) is 188 cm³/mol. The van der Waals surface area contributed by atoms with Crippen LogP contribution in [0.5, 0.6) is 11.8 Å². The van der Waals surface area contributed by atoms with Gasteiger partial charge >= 0.3 is 5.97 Å². The van der Waals surface area contributed by atoms with Crippen LogP contribution in [0.25, 0.3) is 11.0 Å². The Bertz CT molecular complexity index is 2080. The van der Waals surface area contributed by atoms with Crippen LogP contribution in [-0.2, 0) is 28.4 Å². The SMILES string of the molecule is Cc1cc2cc([C@@H](c3ccc(C)c(CN4CC5(CC5)Oc5nc(OCCN6CCCC6)c(C)cc5S4(=O)=O)c3)C(C)(C)C(=O)O)n(C)c2nn1. The first-order valence-corrected chi connectivity index (χ1v) is 18.8. The Labute approximate surface area is 293 Å². The number of nitrogens with zero attached hydrogens (tertiary/aromatic N) is 6. The maximum atomic E-state index is 14.4. The van der Waals surface area contributed by atoms with E-state index in [0.717, 1.165) is 65.9 Å². The lowest BCUT2D eigenvalue weighted by Crippen LogP contribution is -2.38. The summed E-state index contributed by atoms with van der Waals surface area (Å²) in [7, 11) is -2.15. The maximum absolute atomic E-state index is 14.4. The standard InChI is InChI=1S/C37H46N6O6S/c1-23-9-10-26(31(36(4,5)35(44)45)29-20-27-18-25(3)39-40-32(27)41(29)6)19-28(23)21-43-22-37(11-12-37)49-34-30(50(43,46)47)17-24(2)33(38-34)48-16-15-42-13-7-8-14-42/h9-10,17-20,31H,7-8,11-16,21-22H2,1-6H3,(H,44,45)/t31-/m1/s1. The van der Waals surface area contributed by atoms with Crippen molar-refractivity contribution in [2.75, 3.05) is 32.8 Å². The van der Waals surface area contributed by atoms with E-state index >= 15 is 0 Å². The van der Waals surface area contributed by atoms with E-state index in [1.807, 2.05) is 62.7 Å². The topological polar surface area (TPSA) is 140 Å². The molecule has 0 unspecified atom stereocenters. The summed E-state index contributed by atoms with van der Waals surface area (Å²) in [4.78, 5) is 19.8. The van der Waals surface area contributed by atoms with Gasteiger partial charge in [0.05, 0.1) is 17.7 Å². The first-order chi connectivity index (χ1) is 23.7. The molecule has 12 nitrogen and oxygen atoms in total. The minimum Gasteiger partial charge on any atom is -0.481 e. The number of fused-ring (bicyclic) bond motifs is 2. The molecule has 1 saturated heterocycles. The number of ether oxygens (including phenoxy) is 2. The summed E-state index contributed by atoms with van der Waals surface area (Å²) in [5.41, 5.74) is 3.44. The largest absolute Gasteiger partial charge is 0.481 e. The van der Waals surface area contributed by atoms with Gasteiger partial charge in [-0.1, -0.05) is 18.2 Å². The highest BCUT2D eigenvalue weighted by atomic mass is 32.2. The zero-order valence-corrected chi connectivity index (χ0v) is 30.5. The number of rotatable bonds is 10. The molecule has 1 spiro atoms. The number of carboxylic acids is 1. The number of sulfonamides is 1. The zero-order chi connectivity index (χ0) is 35.6. The van der Waals surface area contributed by atoms with Gasteiger partial charge in [0.15, 0.2) is 5.65 Å². The number of carboxylic acid groups (broad SMARTS) is 1. The molecule has 3 aromatic heterocycles. The summed E-state index contributed by atoms with van der Waals surface area (Å²) in [5, 5.41) is 20.0. The Kier molecular flexibility index (Phi) is 8.67. The van der Waals surface area contributed by atoms with Gasteiger partial charge in [0.1, 0.15) is 17.1 Å². The molecule has 1 saturated carbocycles. The molecular formula is C37H46N6O6S. The maximum Gasteiger partial charge on any atom is 0.310 e. The van der Waals surface area contributed by atoms with Gasteiger partial charge in [-0.3, -0.25) is 9.69 Å². The number of benzene rings is 1. The monoisotopic (exact) mass is 702 g/mol. The zero-order valence-electron chi connectivity index (χ0n) is 29.7. The highest BCUT2D eigenvalue weighted by Crippen LogP contribution is 2.48. The molecule has 13 heteroatoms. The minimum absolute atomic E-state index is 0.0382. The van der Waals surface area contributed by atoms with Crippen molar-refractivity contribution in [3.05, 3.63) is 70.0 Å². The normalized spacial score (nSPS) is 19.2. The third-order valence-electron chi connectivity index (χ3n) is 10.7. The summed E-state index contributed by atoms with van der Waals surface area (Å²) in [5.74, 6) is -1.03. The quantitative estimate of drug-likeness (QED) is 0.237. The molecule has 0 radical (unpaired) electrons. The lowest BCUT2D eigenvalue weighted by atomic mass is 9.72. The Balaban J connectivity index is 1.23. The van der Waals surface area contributed by atoms with Crippen LogP contribution < -0.4 is 9.47 Å². The molecule has 50 heavy (non-hydrogen) atoms. The second-order valence-corrected chi connectivity index (χ2v) is 16.8. The fourth-order valence-electron chi connectivity index (χ4n) is 7.40. The fraction of sp³-hybridized carbons (Fsp3) is 0.514. The van der Waals surface area contributed by atoms with E-state index < -0.39 is 32.9 Å². The van der Waals surface area contributed by atoms with Crippen LogP contribution >= 0.6 is 0 Å². The number of aliphatic carboxylic acids is 1. The van der Waals surface area contributed by atoms with Crippen molar-refractivity contribution in [2.24, 2.45) is 12.5 Å². The molecule has 2 fully saturated rings. The van der Waals surface area contributed by atoms with Gasteiger partial charge in [0.2, 0.25) is 21.8 Å². The van der Waals surface area contributed by atoms with Crippen LogP contribution in [0.2, 0.25) is 0 Å². The van der Waals surface area contributed by atoms with Gasteiger partial charge in [0.25, 0.3) is 0 Å². The molecule has 1 aromatic carbocycles. The molecule has 7 rings (SSSR count). The van der Waals surface area contributed by atoms with Crippen molar-refractivity contribution in [3.63, 3.8) is 0 Å². The third-order valence-corrected chi connectivity index (χ3v) is 12.5. The van der Waals surface area contributed by atoms with Crippen LogP contribution in [0.4, 0.5) is 0 Å². The van der Waals surface area contributed by atoms with Crippen molar-refractivity contribution in [2.45, 2.75) is 83.3 Å². The Morgan fingerprint density at radius 1 is 1.06 bits per heavy atom. The second-order valence-electron chi connectivity index (χ2n) is 14.9. The fourth-order valence-corrected chi connectivity index (χ4v) is 9.02. The summed E-state index contributed by atoms with van der Waals surface area (Å²) < 4.78 is 44.7. The lowest BCUT2D eigenvalue weighted by molar-refractivity contribution is -0.147. The molecule has 1 aliphatic carbocycles. The number of carbonyl (C=O) groups is 1. The van der Waals surface area contributed by atoms with Crippen LogP contribution in [0, 0.1) is 26.2 Å². The number of hydrogen-bond acceptors (Lipinski definition) is 9. The van der Waals surface area contributed by atoms with Crippen LogP contribution in [0.3, 0.4) is 0 Å². The highest BCUT2D eigenvalue weighted by molar-refractivity contribution is 7.89. The van der Waals surface area contributed by atoms with Gasteiger partial charge in [0, 0.05) is 42.7 Å². The van der Waals surface area contributed by atoms with Gasteiger partial charge < -0.3 is 19.1 Å². The van der Waals surface area contributed by atoms with Crippen molar-refractivity contribution < 1.29 is 27.8 Å². The van der Waals surface area contributed by atoms with Gasteiger partial charge in [-0.05, 0) is 108 Å². The number of hydrogen-bond donors (Lipinski definition) is 1. The molecule has 2 aliphatic heterocycles. The molecule has 3 aliphatic rings. The summed E-state index contributed by atoms with van der Waals surface area (Å²) in [6.07, 6.45) is 3.84. The van der Waals surface area contributed by atoms with E-state index in [1.165, 1.54) is 17.1 Å². The predicted octanol–water partition coefficient (Wildman–Crippen LogP) is 5.12. The number of likely N-dealkylation sites (tertiary alicyclic amines) is 1. The van der Waals surface area contributed by atoms with E-state index in [1.54, 1.807) is 19.9 Å². The summed E-state index contributed by atoms with van der Waals surface area (Å²) in [6, 6.07) is 11.4. The molecular weight excluding hydrogens is 657 g/mol. The van der Waals surface area contributed by atoms with E-state index in [9.17, 15) is 18.3 Å². The average Bonchev–Trinajstić information content (AvgIpc) is 3.47. The van der Waals surface area contributed by atoms with Gasteiger partial charge in [-0.15, -0.1) is 5.10 Å². The molecule has 266 valence electrons. The van der Waals surface area contributed by atoms with E-state index in [-0.39, 0.29) is 23.9 Å². The third kappa shape index (κ3) is 6.24. The summed E-state index contributed by atoms with van der Waals surface area (Å²) in [6.45, 7) is 12.8. The van der Waals surface area contributed by atoms with Crippen molar-refractivity contribution >= 4 is 27.0 Å². The minimum atomic E-state index is -4.02. The first kappa shape index (κ1) is 34.4. The van der Waals surface area contributed by atoms with Gasteiger partial charge in [-0.25, -0.2) is 8.42 Å². The molecule has 1 N–H and O–H groups in total. The van der Waals surface area contributed by atoms with E-state index in [2.05, 4.69) is 20.1 Å². The van der Waals surface area contributed by atoms with E-state index in [0.29, 0.717) is 23.7 Å². The molecule has 5 heterocycles. The lowest BCUT2D eigenvalue weighted by Gasteiger charge is -2.32.